The molecule has 28 heavy (non-hydrogen) atoms. The SMILES string of the molecule is O=C(NCc1cccc(Cl)c1)c1ccn2c(-c3cc(F)cc(F)c3)nnc2c1. The number of carbonyl (C=O) groups is 1. The average Bonchev–Trinajstić information content (AvgIpc) is 3.08. The van der Waals surface area contributed by atoms with Gasteiger partial charge in [-0.05, 0) is 42.0 Å². The van der Waals surface area contributed by atoms with Crippen LogP contribution in [-0.2, 0) is 6.54 Å². The van der Waals surface area contributed by atoms with E-state index in [9.17, 15) is 13.6 Å². The number of halogens is 3. The summed E-state index contributed by atoms with van der Waals surface area (Å²) in [4.78, 5) is 12.4. The third kappa shape index (κ3) is 3.70. The first-order valence-corrected chi connectivity index (χ1v) is 8.71. The number of carbonyl (C=O) groups excluding carboxylic acids is 1. The van der Waals surface area contributed by atoms with Crippen LogP contribution in [0, 0.1) is 11.6 Å². The van der Waals surface area contributed by atoms with E-state index in [1.807, 2.05) is 12.1 Å². The number of aromatic nitrogens is 3. The second kappa shape index (κ2) is 7.36. The predicted octanol–water partition coefficient (Wildman–Crippen LogP) is 4.26. The zero-order valence-corrected chi connectivity index (χ0v) is 15.1. The molecule has 4 aromatic rings. The first-order valence-electron chi connectivity index (χ1n) is 8.33. The monoisotopic (exact) mass is 398 g/mol. The molecule has 8 heteroatoms. The summed E-state index contributed by atoms with van der Waals surface area (Å²) in [5.74, 6) is -1.42. The summed E-state index contributed by atoms with van der Waals surface area (Å²) in [6.07, 6.45) is 1.59. The van der Waals surface area contributed by atoms with Crippen LogP contribution < -0.4 is 5.32 Å². The minimum atomic E-state index is -0.705. The number of pyridine rings is 1. The average molecular weight is 399 g/mol. The first-order chi connectivity index (χ1) is 13.5. The van der Waals surface area contributed by atoms with Gasteiger partial charge in [0.15, 0.2) is 11.5 Å². The summed E-state index contributed by atoms with van der Waals surface area (Å²) in [7, 11) is 0. The summed E-state index contributed by atoms with van der Waals surface area (Å²) >= 11 is 5.94. The lowest BCUT2D eigenvalue weighted by molar-refractivity contribution is 0.0951. The van der Waals surface area contributed by atoms with Crippen molar-refractivity contribution in [2.24, 2.45) is 0 Å². The summed E-state index contributed by atoms with van der Waals surface area (Å²) in [6.45, 7) is 0.324. The molecule has 5 nitrogen and oxygen atoms in total. The smallest absolute Gasteiger partial charge is 0.251 e. The van der Waals surface area contributed by atoms with Crippen LogP contribution >= 0.6 is 11.6 Å². The van der Waals surface area contributed by atoms with E-state index in [1.54, 1.807) is 34.9 Å². The number of fused-ring (bicyclic) bond motifs is 1. The Bertz CT molecular complexity index is 1170. The largest absolute Gasteiger partial charge is 0.348 e. The molecule has 0 bridgehead atoms. The highest BCUT2D eigenvalue weighted by atomic mass is 35.5. The van der Waals surface area contributed by atoms with Crippen LogP contribution in [0.2, 0.25) is 5.02 Å². The van der Waals surface area contributed by atoms with E-state index in [1.165, 1.54) is 12.1 Å². The van der Waals surface area contributed by atoms with Crippen LogP contribution in [0.3, 0.4) is 0 Å². The van der Waals surface area contributed by atoms with Gasteiger partial charge in [-0.25, -0.2) is 8.78 Å². The predicted molar refractivity (Wildman–Crippen MR) is 101 cm³/mol. The molecular formula is C20H13ClF2N4O. The van der Waals surface area contributed by atoms with Crippen molar-refractivity contribution >= 4 is 23.2 Å². The molecule has 140 valence electrons. The zero-order valence-electron chi connectivity index (χ0n) is 14.4. The molecule has 0 saturated carbocycles. The molecule has 0 radical (unpaired) electrons. The number of rotatable bonds is 4. The van der Waals surface area contributed by atoms with Gasteiger partial charge in [0.1, 0.15) is 11.6 Å². The summed E-state index contributed by atoms with van der Waals surface area (Å²) in [6, 6.07) is 13.5. The maximum Gasteiger partial charge on any atom is 0.251 e. The summed E-state index contributed by atoms with van der Waals surface area (Å²) in [5, 5.41) is 11.4. The van der Waals surface area contributed by atoms with Gasteiger partial charge in [-0.2, -0.15) is 0 Å². The molecule has 0 fully saturated rings. The number of hydrogen-bond acceptors (Lipinski definition) is 3. The van der Waals surface area contributed by atoms with Gasteiger partial charge in [0, 0.05) is 35.0 Å². The van der Waals surface area contributed by atoms with Crippen LogP contribution in [0.5, 0.6) is 0 Å². The molecule has 0 atom stereocenters. The van der Waals surface area contributed by atoms with Crippen molar-refractivity contribution in [1.29, 1.82) is 0 Å². The van der Waals surface area contributed by atoms with Crippen molar-refractivity contribution in [3.63, 3.8) is 0 Å². The highest BCUT2D eigenvalue weighted by Crippen LogP contribution is 2.21. The molecule has 2 heterocycles. The van der Waals surface area contributed by atoms with Gasteiger partial charge in [0.25, 0.3) is 5.91 Å². The third-order valence-electron chi connectivity index (χ3n) is 4.13. The molecule has 0 saturated heterocycles. The van der Waals surface area contributed by atoms with Crippen molar-refractivity contribution in [1.82, 2.24) is 19.9 Å². The fourth-order valence-corrected chi connectivity index (χ4v) is 3.06. The highest BCUT2D eigenvalue weighted by molar-refractivity contribution is 6.30. The van der Waals surface area contributed by atoms with Gasteiger partial charge in [0.2, 0.25) is 0 Å². The second-order valence-corrected chi connectivity index (χ2v) is 6.57. The van der Waals surface area contributed by atoms with Crippen LogP contribution in [0.1, 0.15) is 15.9 Å². The Kier molecular flexibility index (Phi) is 4.75. The quantitative estimate of drug-likeness (QED) is 0.559. The van der Waals surface area contributed by atoms with Gasteiger partial charge in [-0.3, -0.25) is 9.20 Å². The lowest BCUT2D eigenvalue weighted by atomic mass is 10.2. The Hall–Kier alpha value is -3.32. The van der Waals surface area contributed by atoms with Crippen molar-refractivity contribution in [3.8, 4) is 11.4 Å². The van der Waals surface area contributed by atoms with E-state index < -0.39 is 11.6 Å². The molecule has 4 rings (SSSR count). The molecule has 2 aromatic heterocycles. The van der Waals surface area contributed by atoms with Crippen LogP contribution in [0.15, 0.2) is 60.8 Å². The standard InChI is InChI=1S/C20H13ClF2N4O/c21-15-3-1-2-12(6-15)11-24-20(28)13-4-5-27-18(9-13)25-26-19(27)14-7-16(22)10-17(23)8-14/h1-10H,11H2,(H,24,28). The minimum absolute atomic E-state index is 0.253. The second-order valence-electron chi connectivity index (χ2n) is 6.14. The normalized spacial score (nSPS) is 11.0. The number of nitrogens with one attached hydrogen (secondary N) is 1. The van der Waals surface area contributed by atoms with E-state index in [0.29, 0.717) is 22.8 Å². The minimum Gasteiger partial charge on any atom is -0.348 e. The van der Waals surface area contributed by atoms with E-state index >= 15 is 0 Å². The Balaban J connectivity index is 1.57. The summed E-state index contributed by atoms with van der Waals surface area (Å²) in [5.41, 5.74) is 1.90. The maximum atomic E-state index is 13.5. The van der Waals surface area contributed by atoms with Gasteiger partial charge >= 0.3 is 0 Å². The molecule has 0 unspecified atom stereocenters. The summed E-state index contributed by atoms with van der Waals surface area (Å²) < 4.78 is 28.5. The molecular weight excluding hydrogens is 386 g/mol. The van der Waals surface area contributed by atoms with Gasteiger partial charge < -0.3 is 5.32 Å². The van der Waals surface area contributed by atoms with Crippen molar-refractivity contribution < 1.29 is 13.6 Å². The number of nitrogens with zero attached hydrogens (tertiary/aromatic N) is 3. The Morgan fingerprint density at radius 3 is 2.57 bits per heavy atom. The Morgan fingerprint density at radius 2 is 1.82 bits per heavy atom. The van der Waals surface area contributed by atoms with Gasteiger partial charge in [0.05, 0.1) is 0 Å². The first kappa shape index (κ1) is 18.1. The van der Waals surface area contributed by atoms with Gasteiger partial charge in [-0.1, -0.05) is 23.7 Å². The van der Waals surface area contributed by atoms with Gasteiger partial charge in [-0.15, -0.1) is 10.2 Å². The van der Waals surface area contributed by atoms with Crippen LogP contribution in [-0.4, -0.2) is 20.5 Å². The van der Waals surface area contributed by atoms with Crippen LogP contribution in [0.25, 0.3) is 17.0 Å². The maximum absolute atomic E-state index is 13.5. The van der Waals surface area contributed by atoms with E-state index in [2.05, 4.69) is 15.5 Å². The van der Waals surface area contributed by atoms with Crippen LogP contribution in [0.4, 0.5) is 8.78 Å². The molecule has 2 aromatic carbocycles. The topological polar surface area (TPSA) is 59.3 Å². The van der Waals surface area contributed by atoms with E-state index in [-0.39, 0.29) is 17.3 Å². The lowest BCUT2D eigenvalue weighted by Gasteiger charge is -2.07. The molecule has 0 aliphatic rings. The molecule has 0 aliphatic carbocycles. The molecule has 1 amide bonds. The molecule has 1 N–H and O–H groups in total. The fraction of sp³-hybridized carbons (Fsp3) is 0.0500. The lowest BCUT2D eigenvalue weighted by Crippen LogP contribution is -2.22. The van der Waals surface area contributed by atoms with Crippen molar-refractivity contribution in [2.45, 2.75) is 6.54 Å². The Labute approximate surface area is 163 Å². The highest BCUT2D eigenvalue weighted by Gasteiger charge is 2.13. The zero-order chi connectivity index (χ0) is 19.7. The number of benzene rings is 2. The third-order valence-corrected chi connectivity index (χ3v) is 4.37. The van der Waals surface area contributed by atoms with E-state index in [0.717, 1.165) is 11.6 Å². The van der Waals surface area contributed by atoms with Crippen molar-refractivity contribution in [2.75, 3.05) is 0 Å². The number of hydrogen-bond donors (Lipinski definition) is 1. The fourth-order valence-electron chi connectivity index (χ4n) is 2.84. The number of amides is 1. The van der Waals surface area contributed by atoms with E-state index in [4.69, 9.17) is 11.6 Å². The molecule has 0 aliphatic heterocycles. The molecule has 0 spiro atoms. The Morgan fingerprint density at radius 1 is 1.04 bits per heavy atom. The van der Waals surface area contributed by atoms with Crippen molar-refractivity contribution in [3.05, 3.63) is 88.6 Å².